The summed E-state index contributed by atoms with van der Waals surface area (Å²) >= 11 is 0. The van der Waals surface area contributed by atoms with Crippen LogP contribution in [0.2, 0.25) is 0 Å². The Bertz CT molecular complexity index is 834. The summed E-state index contributed by atoms with van der Waals surface area (Å²) in [6.07, 6.45) is -5.58. The Kier molecular flexibility index (Phi) is 4.95. The molecule has 2 aromatic rings. The molecule has 1 aliphatic heterocycles. The van der Waals surface area contributed by atoms with Crippen LogP contribution in [0.15, 0.2) is 54.6 Å². The topological polar surface area (TPSA) is 57.6 Å². The highest BCUT2D eigenvalue weighted by Gasteiger charge is 2.64. The monoisotopic (exact) mass is 377 g/mol. The van der Waals surface area contributed by atoms with Crippen molar-refractivity contribution in [1.82, 2.24) is 4.90 Å². The highest BCUT2D eigenvalue weighted by molar-refractivity contribution is 5.82. The van der Waals surface area contributed by atoms with Crippen LogP contribution < -0.4 is 0 Å². The highest BCUT2D eigenvalue weighted by Crippen LogP contribution is 2.45. The number of nitrogens with zero attached hydrogens (tertiary/aromatic N) is 1. The molecule has 142 valence electrons. The summed E-state index contributed by atoms with van der Waals surface area (Å²) in [4.78, 5) is 24.6. The number of rotatable bonds is 4. The van der Waals surface area contributed by atoms with Gasteiger partial charge in [0.25, 0.3) is 0 Å². The van der Waals surface area contributed by atoms with Gasteiger partial charge in [0.2, 0.25) is 5.91 Å². The SMILES string of the molecule is O=C(Cc1ccc(-c2ccccc2)cc1)N1CCC(C(=O)O)(C(F)(F)F)C1. The van der Waals surface area contributed by atoms with Gasteiger partial charge in [-0.25, -0.2) is 0 Å². The summed E-state index contributed by atoms with van der Waals surface area (Å²) in [5.74, 6) is -2.44. The second-order valence-electron chi connectivity index (χ2n) is 6.69. The molecule has 1 unspecified atom stereocenters. The lowest BCUT2D eigenvalue weighted by Crippen LogP contribution is -2.47. The zero-order chi connectivity index (χ0) is 19.7. The Hall–Kier alpha value is -2.83. The van der Waals surface area contributed by atoms with Gasteiger partial charge in [0.15, 0.2) is 5.41 Å². The van der Waals surface area contributed by atoms with Crippen molar-refractivity contribution >= 4 is 11.9 Å². The molecule has 3 rings (SSSR count). The van der Waals surface area contributed by atoms with E-state index in [-0.39, 0.29) is 13.0 Å². The third-order valence-corrected chi connectivity index (χ3v) is 4.99. The van der Waals surface area contributed by atoms with Gasteiger partial charge in [-0.3, -0.25) is 9.59 Å². The van der Waals surface area contributed by atoms with Gasteiger partial charge in [0.1, 0.15) is 0 Å². The van der Waals surface area contributed by atoms with E-state index in [2.05, 4.69) is 0 Å². The molecule has 0 aliphatic carbocycles. The van der Waals surface area contributed by atoms with Crippen LogP contribution >= 0.6 is 0 Å². The van der Waals surface area contributed by atoms with Gasteiger partial charge in [-0.15, -0.1) is 0 Å². The number of benzene rings is 2. The minimum atomic E-state index is -4.90. The number of likely N-dealkylation sites (tertiary alicyclic amines) is 1. The fourth-order valence-electron chi connectivity index (χ4n) is 3.28. The first-order valence-corrected chi connectivity index (χ1v) is 8.45. The number of carboxylic acid groups (broad SMARTS) is 1. The first kappa shape index (κ1) is 18.9. The average Bonchev–Trinajstić information content (AvgIpc) is 3.10. The zero-order valence-electron chi connectivity index (χ0n) is 14.4. The Morgan fingerprint density at radius 3 is 2.11 bits per heavy atom. The third kappa shape index (κ3) is 3.67. The number of carbonyl (C=O) groups excluding carboxylic acids is 1. The second kappa shape index (κ2) is 7.06. The predicted octanol–water partition coefficient (Wildman–Crippen LogP) is 3.76. The Morgan fingerprint density at radius 1 is 1.00 bits per heavy atom. The number of carbonyl (C=O) groups is 2. The third-order valence-electron chi connectivity index (χ3n) is 4.99. The van der Waals surface area contributed by atoms with E-state index >= 15 is 0 Å². The van der Waals surface area contributed by atoms with Crippen LogP contribution in [-0.2, 0) is 16.0 Å². The van der Waals surface area contributed by atoms with Crippen molar-refractivity contribution in [2.75, 3.05) is 13.1 Å². The van der Waals surface area contributed by atoms with Gasteiger partial charge < -0.3 is 10.0 Å². The number of hydrogen-bond acceptors (Lipinski definition) is 2. The standard InChI is InChI=1S/C20H18F3NO3/c21-20(22,23)19(18(26)27)10-11-24(13-19)17(25)12-14-6-8-16(9-7-14)15-4-2-1-3-5-15/h1-9H,10-13H2,(H,26,27). The molecule has 0 radical (unpaired) electrons. The molecule has 27 heavy (non-hydrogen) atoms. The summed E-state index contributed by atoms with van der Waals surface area (Å²) in [6.45, 7) is -1.06. The van der Waals surface area contributed by atoms with Crippen LogP contribution in [0.4, 0.5) is 13.2 Å². The predicted molar refractivity (Wildman–Crippen MR) is 92.9 cm³/mol. The number of halogens is 3. The molecule has 1 amide bonds. The summed E-state index contributed by atoms with van der Waals surface area (Å²) < 4.78 is 39.7. The Labute approximate surface area is 154 Å². The molecule has 1 heterocycles. The van der Waals surface area contributed by atoms with Crippen molar-refractivity contribution in [2.24, 2.45) is 5.41 Å². The van der Waals surface area contributed by atoms with Gasteiger partial charge in [-0.2, -0.15) is 13.2 Å². The highest BCUT2D eigenvalue weighted by atomic mass is 19.4. The molecule has 1 aliphatic rings. The van der Waals surface area contributed by atoms with E-state index in [1.165, 1.54) is 0 Å². The Morgan fingerprint density at radius 2 is 1.59 bits per heavy atom. The van der Waals surface area contributed by atoms with Crippen molar-refractivity contribution in [3.8, 4) is 11.1 Å². The number of amides is 1. The van der Waals surface area contributed by atoms with Crippen LogP contribution in [0, 0.1) is 5.41 Å². The van der Waals surface area contributed by atoms with E-state index < -0.39 is 36.4 Å². The van der Waals surface area contributed by atoms with Crippen molar-refractivity contribution in [2.45, 2.75) is 19.0 Å². The molecule has 1 N–H and O–H groups in total. The van der Waals surface area contributed by atoms with Gasteiger partial charge in [-0.1, -0.05) is 54.6 Å². The van der Waals surface area contributed by atoms with Crippen molar-refractivity contribution in [1.29, 1.82) is 0 Å². The number of aliphatic carboxylic acids is 1. The van der Waals surface area contributed by atoms with Gasteiger partial charge in [0, 0.05) is 13.1 Å². The fraction of sp³-hybridized carbons (Fsp3) is 0.300. The molecule has 0 saturated carbocycles. The minimum Gasteiger partial charge on any atom is -0.481 e. The zero-order valence-corrected chi connectivity index (χ0v) is 14.4. The summed E-state index contributed by atoms with van der Waals surface area (Å²) in [6, 6.07) is 16.8. The van der Waals surface area contributed by atoms with E-state index in [9.17, 15) is 22.8 Å². The van der Waals surface area contributed by atoms with E-state index in [0.717, 1.165) is 16.0 Å². The molecule has 7 heteroatoms. The maximum atomic E-state index is 13.2. The molecule has 0 bridgehead atoms. The molecule has 1 saturated heterocycles. The number of hydrogen-bond donors (Lipinski definition) is 1. The summed E-state index contributed by atoms with van der Waals surface area (Å²) in [7, 11) is 0. The van der Waals surface area contributed by atoms with Crippen molar-refractivity contribution in [3.05, 3.63) is 60.2 Å². The van der Waals surface area contributed by atoms with Crippen molar-refractivity contribution < 1.29 is 27.9 Å². The molecular formula is C20H18F3NO3. The molecule has 0 aromatic heterocycles. The summed E-state index contributed by atoms with van der Waals surface area (Å²) in [5, 5.41) is 9.07. The van der Waals surface area contributed by atoms with E-state index in [4.69, 9.17) is 5.11 Å². The maximum absolute atomic E-state index is 13.2. The lowest BCUT2D eigenvalue weighted by Gasteiger charge is -2.27. The second-order valence-corrected chi connectivity index (χ2v) is 6.69. The number of carboxylic acids is 1. The largest absolute Gasteiger partial charge is 0.481 e. The first-order valence-electron chi connectivity index (χ1n) is 8.45. The fourth-order valence-corrected chi connectivity index (χ4v) is 3.28. The quantitative estimate of drug-likeness (QED) is 0.883. The van der Waals surface area contributed by atoms with Crippen LogP contribution in [0.25, 0.3) is 11.1 Å². The van der Waals surface area contributed by atoms with Crippen LogP contribution in [0.3, 0.4) is 0 Å². The van der Waals surface area contributed by atoms with E-state index in [0.29, 0.717) is 5.56 Å². The normalized spacial score (nSPS) is 19.9. The smallest absolute Gasteiger partial charge is 0.406 e. The van der Waals surface area contributed by atoms with Crippen molar-refractivity contribution in [3.63, 3.8) is 0 Å². The van der Waals surface area contributed by atoms with Crippen LogP contribution in [0.5, 0.6) is 0 Å². The molecule has 4 nitrogen and oxygen atoms in total. The van der Waals surface area contributed by atoms with Gasteiger partial charge in [0.05, 0.1) is 6.42 Å². The minimum absolute atomic E-state index is 0.0668. The lowest BCUT2D eigenvalue weighted by molar-refractivity contribution is -0.227. The first-order chi connectivity index (χ1) is 12.7. The van der Waals surface area contributed by atoms with Gasteiger partial charge >= 0.3 is 12.1 Å². The maximum Gasteiger partial charge on any atom is 0.406 e. The van der Waals surface area contributed by atoms with Crippen LogP contribution in [-0.4, -0.2) is 41.1 Å². The molecule has 2 aromatic carbocycles. The Balaban J connectivity index is 1.69. The molecular weight excluding hydrogens is 359 g/mol. The number of alkyl halides is 3. The average molecular weight is 377 g/mol. The summed E-state index contributed by atoms with van der Waals surface area (Å²) in [5.41, 5.74) is -0.222. The van der Waals surface area contributed by atoms with Crippen LogP contribution in [0.1, 0.15) is 12.0 Å². The van der Waals surface area contributed by atoms with E-state index in [1.54, 1.807) is 12.1 Å². The lowest BCUT2D eigenvalue weighted by atomic mass is 9.86. The molecule has 1 atom stereocenters. The molecule has 1 fully saturated rings. The van der Waals surface area contributed by atoms with E-state index in [1.807, 2.05) is 42.5 Å². The molecule has 0 spiro atoms. The van der Waals surface area contributed by atoms with Gasteiger partial charge in [-0.05, 0) is 23.1 Å².